The van der Waals surface area contributed by atoms with Crippen molar-refractivity contribution in [2.45, 2.75) is 84.4 Å². The van der Waals surface area contributed by atoms with Gasteiger partial charge in [-0.2, -0.15) is 0 Å². The molecule has 0 aromatic rings. The predicted molar refractivity (Wildman–Crippen MR) is 120 cm³/mol. The second-order valence-electron chi connectivity index (χ2n) is 9.90. The van der Waals surface area contributed by atoms with E-state index in [0.717, 1.165) is 0 Å². The molecule has 0 spiro atoms. The van der Waals surface area contributed by atoms with Crippen LogP contribution in [-0.2, 0) is 23.9 Å². The summed E-state index contributed by atoms with van der Waals surface area (Å²) in [6, 6.07) is -2.07. The summed E-state index contributed by atoms with van der Waals surface area (Å²) >= 11 is 0. The summed E-state index contributed by atoms with van der Waals surface area (Å²) < 4.78 is 5.23. The zero-order chi connectivity index (χ0) is 25.3. The van der Waals surface area contributed by atoms with Gasteiger partial charge in [0, 0.05) is 12.5 Å². The molecule has 6 N–H and O–H groups in total. The number of carbonyl (C=O) groups excluding carboxylic acids is 4. The van der Waals surface area contributed by atoms with E-state index in [0.29, 0.717) is 32.2 Å². The van der Waals surface area contributed by atoms with Crippen molar-refractivity contribution in [1.82, 2.24) is 16.0 Å². The molecule has 33 heavy (non-hydrogen) atoms. The summed E-state index contributed by atoms with van der Waals surface area (Å²) in [7, 11) is 0. The van der Waals surface area contributed by atoms with Gasteiger partial charge in [-0.05, 0) is 58.3 Å². The fourth-order valence-corrected chi connectivity index (χ4v) is 3.64. The van der Waals surface area contributed by atoms with Crippen LogP contribution in [0.4, 0.5) is 4.79 Å². The Balaban J connectivity index is 2.50. The first-order valence-electron chi connectivity index (χ1n) is 11.3. The number of carboxylic acids is 1. The van der Waals surface area contributed by atoms with Crippen molar-refractivity contribution in [3.05, 3.63) is 0 Å². The fraction of sp³-hybridized carbons (Fsp3) is 0.773. The van der Waals surface area contributed by atoms with Crippen LogP contribution >= 0.6 is 0 Å². The van der Waals surface area contributed by atoms with E-state index in [2.05, 4.69) is 16.0 Å². The van der Waals surface area contributed by atoms with E-state index in [1.807, 2.05) is 13.8 Å². The Kier molecular flexibility index (Phi) is 10.6. The molecule has 1 saturated carbocycles. The van der Waals surface area contributed by atoms with Crippen LogP contribution in [0.2, 0.25) is 0 Å². The monoisotopic (exact) mass is 470 g/mol. The largest absolute Gasteiger partial charge is 0.480 e. The molecular formula is C22H38N4O7. The third-order valence-corrected chi connectivity index (χ3v) is 5.42. The third kappa shape index (κ3) is 10.5. The summed E-state index contributed by atoms with van der Waals surface area (Å²) in [5.41, 5.74) is 4.37. The molecule has 1 aliphatic rings. The van der Waals surface area contributed by atoms with E-state index in [1.165, 1.54) is 0 Å². The Labute approximate surface area is 194 Å². The van der Waals surface area contributed by atoms with E-state index in [-0.39, 0.29) is 23.7 Å². The van der Waals surface area contributed by atoms with Crippen molar-refractivity contribution < 1.29 is 33.8 Å². The van der Waals surface area contributed by atoms with E-state index < -0.39 is 48.0 Å². The Morgan fingerprint density at radius 1 is 1.03 bits per heavy atom. The molecule has 0 aliphatic heterocycles. The van der Waals surface area contributed by atoms with Crippen LogP contribution in [0.1, 0.15) is 66.7 Å². The van der Waals surface area contributed by atoms with Crippen LogP contribution in [0.3, 0.4) is 0 Å². The summed E-state index contributed by atoms with van der Waals surface area (Å²) in [5, 5.41) is 17.0. The zero-order valence-electron chi connectivity index (χ0n) is 20.1. The van der Waals surface area contributed by atoms with Crippen LogP contribution in [0.5, 0.6) is 0 Å². The first-order chi connectivity index (χ1) is 15.2. The van der Waals surface area contributed by atoms with Crippen LogP contribution in [0.25, 0.3) is 0 Å². The molecule has 0 aromatic carbocycles. The smallest absolute Gasteiger partial charge is 0.408 e. The molecule has 1 rings (SSSR count). The molecule has 188 valence electrons. The van der Waals surface area contributed by atoms with Crippen molar-refractivity contribution in [3.63, 3.8) is 0 Å². The van der Waals surface area contributed by atoms with Gasteiger partial charge in [0.15, 0.2) is 0 Å². The SMILES string of the molecule is CC(C)[C@H](NC(=O)OC(C)(C)C)C(=O)NCC1CCC(C(=O)N[C@@H](CC(N)=O)C(=O)O)CC1. The first kappa shape index (κ1) is 28.2. The molecule has 4 amide bonds. The summed E-state index contributed by atoms with van der Waals surface area (Å²) in [4.78, 5) is 59.3. The Morgan fingerprint density at radius 3 is 2.06 bits per heavy atom. The highest BCUT2D eigenvalue weighted by atomic mass is 16.6. The first-order valence-corrected chi connectivity index (χ1v) is 11.3. The minimum atomic E-state index is -1.34. The fourth-order valence-electron chi connectivity index (χ4n) is 3.64. The van der Waals surface area contributed by atoms with Crippen molar-refractivity contribution in [1.29, 1.82) is 0 Å². The third-order valence-electron chi connectivity index (χ3n) is 5.42. The average molecular weight is 471 g/mol. The zero-order valence-corrected chi connectivity index (χ0v) is 20.1. The number of rotatable bonds is 10. The maximum Gasteiger partial charge on any atom is 0.408 e. The number of alkyl carbamates (subject to hydrolysis) is 1. The maximum absolute atomic E-state index is 12.6. The van der Waals surface area contributed by atoms with Gasteiger partial charge in [-0.15, -0.1) is 0 Å². The highest BCUT2D eigenvalue weighted by Gasteiger charge is 2.31. The number of primary amides is 1. The second-order valence-corrected chi connectivity index (χ2v) is 9.90. The maximum atomic E-state index is 12.6. The van der Waals surface area contributed by atoms with E-state index >= 15 is 0 Å². The summed E-state index contributed by atoms with van der Waals surface area (Å²) in [6.45, 7) is 9.29. The molecule has 11 nitrogen and oxygen atoms in total. The predicted octanol–water partition coefficient (Wildman–Crippen LogP) is 0.903. The topological polar surface area (TPSA) is 177 Å². The number of hydrogen-bond acceptors (Lipinski definition) is 6. The van der Waals surface area contributed by atoms with Crippen LogP contribution in [0, 0.1) is 17.8 Å². The second kappa shape index (κ2) is 12.4. The minimum absolute atomic E-state index is 0.139. The number of nitrogens with one attached hydrogen (secondary N) is 3. The lowest BCUT2D eigenvalue weighted by Gasteiger charge is -2.30. The number of carbonyl (C=O) groups is 5. The van der Waals surface area contributed by atoms with Gasteiger partial charge >= 0.3 is 12.1 Å². The lowest BCUT2D eigenvalue weighted by molar-refractivity contribution is -0.144. The number of amides is 4. The molecule has 1 fully saturated rings. The van der Waals surface area contributed by atoms with Gasteiger partial charge in [-0.25, -0.2) is 9.59 Å². The molecule has 0 unspecified atom stereocenters. The van der Waals surface area contributed by atoms with E-state index in [9.17, 15) is 24.0 Å². The number of carboxylic acid groups (broad SMARTS) is 1. The number of hydrogen-bond donors (Lipinski definition) is 5. The molecule has 11 heteroatoms. The Morgan fingerprint density at radius 2 is 1.61 bits per heavy atom. The van der Waals surface area contributed by atoms with E-state index in [1.54, 1.807) is 20.8 Å². The highest BCUT2D eigenvalue weighted by molar-refractivity contribution is 5.89. The van der Waals surface area contributed by atoms with Gasteiger partial charge < -0.3 is 31.5 Å². The molecule has 0 radical (unpaired) electrons. The molecule has 0 heterocycles. The molecule has 0 aromatic heterocycles. The molecule has 0 saturated heterocycles. The minimum Gasteiger partial charge on any atom is -0.480 e. The van der Waals surface area contributed by atoms with Gasteiger partial charge in [-0.3, -0.25) is 14.4 Å². The van der Waals surface area contributed by atoms with Crippen molar-refractivity contribution in [3.8, 4) is 0 Å². The normalized spacial score (nSPS) is 20.3. The van der Waals surface area contributed by atoms with Crippen LogP contribution in [-0.4, -0.2) is 59.1 Å². The quantitative estimate of drug-likeness (QED) is 0.315. The van der Waals surface area contributed by atoms with E-state index in [4.69, 9.17) is 15.6 Å². The van der Waals surface area contributed by atoms with Crippen LogP contribution in [0.15, 0.2) is 0 Å². The van der Waals surface area contributed by atoms with Gasteiger partial charge in [0.2, 0.25) is 17.7 Å². The van der Waals surface area contributed by atoms with Gasteiger partial charge in [0.05, 0.1) is 6.42 Å². The Hall–Kier alpha value is -2.85. The lowest BCUT2D eigenvalue weighted by atomic mass is 9.81. The number of aliphatic carboxylic acids is 1. The van der Waals surface area contributed by atoms with Crippen molar-refractivity contribution in [2.75, 3.05) is 6.54 Å². The molecule has 0 bridgehead atoms. The van der Waals surface area contributed by atoms with Gasteiger partial charge in [0.1, 0.15) is 17.7 Å². The number of ether oxygens (including phenoxy) is 1. The highest BCUT2D eigenvalue weighted by Crippen LogP contribution is 2.28. The Bertz CT molecular complexity index is 725. The van der Waals surface area contributed by atoms with Gasteiger partial charge in [-0.1, -0.05) is 13.8 Å². The molecule has 1 aliphatic carbocycles. The molecular weight excluding hydrogens is 432 g/mol. The van der Waals surface area contributed by atoms with Crippen molar-refractivity contribution >= 4 is 29.8 Å². The van der Waals surface area contributed by atoms with Gasteiger partial charge in [0.25, 0.3) is 0 Å². The standard InChI is InChI=1S/C22H38N4O7/c1-12(2)17(26-21(32)33-22(3,4)5)19(29)24-11-13-6-8-14(9-7-13)18(28)25-15(20(30)31)10-16(23)27/h12-15,17H,6-11H2,1-5H3,(H2,23,27)(H,24,29)(H,25,28)(H,26,32)(H,30,31)/t13?,14?,15-,17-/m0/s1. The summed E-state index contributed by atoms with van der Waals surface area (Å²) in [6.07, 6.45) is 1.32. The van der Waals surface area contributed by atoms with Crippen LogP contribution < -0.4 is 21.7 Å². The number of nitrogens with two attached hydrogens (primary N) is 1. The molecule has 2 atom stereocenters. The summed E-state index contributed by atoms with van der Waals surface area (Å²) in [5.74, 6) is -3.16. The van der Waals surface area contributed by atoms with Crippen molar-refractivity contribution in [2.24, 2.45) is 23.5 Å². The average Bonchev–Trinajstić information content (AvgIpc) is 2.68. The lowest BCUT2D eigenvalue weighted by Crippen LogP contribution is -2.51.